The van der Waals surface area contributed by atoms with Crippen LogP contribution < -0.4 is 0 Å². The van der Waals surface area contributed by atoms with E-state index in [2.05, 4.69) is 32.6 Å². The first kappa shape index (κ1) is 18.1. The fourth-order valence-electron chi connectivity index (χ4n) is 3.78. The molecule has 1 aliphatic rings. The molecule has 0 unspecified atom stereocenters. The van der Waals surface area contributed by atoms with Gasteiger partial charge in [-0.25, -0.2) is 9.97 Å². The standard InChI is InChI=1S/C21H24ClN5/c1-2-27-10-8-24-21(27)15-26-9-4-6-17(14-26)20-13-23-12-19(25-20)16-5-3-7-18(22)11-16/h3,5,7-8,10-13,17H,2,4,6,9,14-15H2,1H3/t17-/m1/s1. The maximum atomic E-state index is 6.13. The second-order valence-corrected chi connectivity index (χ2v) is 7.48. The van der Waals surface area contributed by atoms with E-state index in [1.165, 1.54) is 6.42 Å². The zero-order valence-electron chi connectivity index (χ0n) is 15.6. The van der Waals surface area contributed by atoms with Gasteiger partial charge in [0.05, 0.1) is 24.1 Å². The molecule has 2 aromatic heterocycles. The first-order valence-electron chi connectivity index (χ1n) is 9.53. The van der Waals surface area contributed by atoms with Crippen LogP contribution in [0.3, 0.4) is 0 Å². The monoisotopic (exact) mass is 381 g/mol. The fourth-order valence-corrected chi connectivity index (χ4v) is 3.98. The molecule has 0 spiro atoms. The molecule has 140 valence electrons. The van der Waals surface area contributed by atoms with E-state index in [1.54, 1.807) is 0 Å². The number of nitrogens with zero attached hydrogens (tertiary/aromatic N) is 5. The summed E-state index contributed by atoms with van der Waals surface area (Å²) in [7, 11) is 0. The summed E-state index contributed by atoms with van der Waals surface area (Å²) in [6.07, 6.45) is 9.98. The SMILES string of the molecule is CCn1ccnc1CN1CCC[C@@H](c2cncc(-c3cccc(Cl)c3)n2)C1. The van der Waals surface area contributed by atoms with Crippen LogP contribution in [0, 0.1) is 0 Å². The lowest BCUT2D eigenvalue weighted by molar-refractivity contribution is 0.192. The third-order valence-electron chi connectivity index (χ3n) is 5.20. The highest BCUT2D eigenvalue weighted by molar-refractivity contribution is 6.30. The second-order valence-electron chi connectivity index (χ2n) is 7.04. The van der Waals surface area contributed by atoms with Gasteiger partial charge >= 0.3 is 0 Å². The molecule has 1 atom stereocenters. The van der Waals surface area contributed by atoms with Crippen molar-refractivity contribution in [3.8, 4) is 11.3 Å². The van der Waals surface area contributed by atoms with Crippen LogP contribution in [0.15, 0.2) is 49.1 Å². The Morgan fingerprint density at radius 3 is 3.04 bits per heavy atom. The molecule has 0 N–H and O–H groups in total. The maximum absolute atomic E-state index is 6.13. The van der Waals surface area contributed by atoms with E-state index < -0.39 is 0 Å². The van der Waals surface area contributed by atoms with E-state index in [1.807, 2.05) is 42.9 Å². The molecule has 5 nitrogen and oxygen atoms in total. The topological polar surface area (TPSA) is 46.8 Å². The van der Waals surface area contributed by atoms with Crippen molar-refractivity contribution in [3.05, 3.63) is 65.6 Å². The van der Waals surface area contributed by atoms with Crippen molar-refractivity contribution in [1.82, 2.24) is 24.4 Å². The molecule has 27 heavy (non-hydrogen) atoms. The number of rotatable bonds is 5. The molecule has 3 heterocycles. The van der Waals surface area contributed by atoms with Gasteiger partial charge in [-0.3, -0.25) is 9.88 Å². The normalized spacial score (nSPS) is 17.9. The van der Waals surface area contributed by atoms with E-state index in [-0.39, 0.29) is 0 Å². The zero-order valence-corrected chi connectivity index (χ0v) is 16.3. The Balaban J connectivity index is 1.50. The molecule has 1 fully saturated rings. The highest BCUT2D eigenvalue weighted by Gasteiger charge is 2.24. The first-order valence-corrected chi connectivity index (χ1v) is 9.91. The second kappa shape index (κ2) is 8.19. The lowest BCUT2D eigenvalue weighted by atomic mass is 9.94. The summed E-state index contributed by atoms with van der Waals surface area (Å²) in [6, 6.07) is 7.79. The van der Waals surface area contributed by atoms with E-state index in [0.717, 1.165) is 60.4 Å². The third kappa shape index (κ3) is 4.20. The predicted molar refractivity (Wildman–Crippen MR) is 108 cm³/mol. The third-order valence-corrected chi connectivity index (χ3v) is 5.44. The van der Waals surface area contributed by atoms with Gasteiger partial charge in [0.1, 0.15) is 5.82 Å². The Bertz CT molecular complexity index is 907. The molecular weight excluding hydrogens is 358 g/mol. The minimum atomic E-state index is 0.399. The van der Waals surface area contributed by atoms with Gasteiger partial charge in [0.2, 0.25) is 0 Å². The van der Waals surface area contributed by atoms with E-state index in [9.17, 15) is 0 Å². The minimum absolute atomic E-state index is 0.399. The molecular formula is C21H24ClN5. The van der Waals surface area contributed by atoms with Crippen LogP contribution in [-0.4, -0.2) is 37.5 Å². The number of imidazole rings is 1. The van der Waals surface area contributed by atoms with Crippen LogP contribution in [0.1, 0.15) is 37.2 Å². The van der Waals surface area contributed by atoms with Crippen LogP contribution in [0.4, 0.5) is 0 Å². The number of likely N-dealkylation sites (tertiary alicyclic amines) is 1. The van der Waals surface area contributed by atoms with Crippen molar-refractivity contribution in [2.45, 2.75) is 38.8 Å². The van der Waals surface area contributed by atoms with Crippen LogP contribution >= 0.6 is 11.6 Å². The Kier molecular flexibility index (Phi) is 5.50. The molecule has 1 saturated heterocycles. The van der Waals surface area contributed by atoms with Crippen molar-refractivity contribution in [1.29, 1.82) is 0 Å². The number of aryl methyl sites for hydroxylation is 1. The van der Waals surface area contributed by atoms with Gasteiger partial charge in [-0.05, 0) is 38.4 Å². The summed E-state index contributed by atoms with van der Waals surface area (Å²) >= 11 is 6.13. The van der Waals surface area contributed by atoms with Crippen LogP contribution in [-0.2, 0) is 13.1 Å². The van der Waals surface area contributed by atoms with E-state index in [0.29, 0.717) is 5.92 Å². The van der Waals surface area contributed by atoms with Crippen molar-refractivity contribution < 1.29 is 0 Å². The minimum Gasteiger partial charge on any atom is -0.334 e. The zero-order chi connectivity index (χ0) is 18.6. The average Bonchev–Trinajstić information content (AvgIpc) is 3.15. The Morgan fingerprint density at radius 1 is 1.26 bits per heavy atom. The van der Waals surface area contributed by atoms with Crippen molar-refractivity contribution in [2.24, 2.45) is 0 Å². The van der Waals surface area contributed by atoms with Gasteiger partial charge < -0.3 is 4.57 Å². The fraction of sp³-hybridized carbons (Fsp3) is 0.381. The summed E-state index contributed by atoms with van der Waals surface area (Å²) in [5, 5.41) is 0.718. The highest BCUT2D eigenvalue weighted by atomic mass is 35.5. The Labute approximate surface area is 165 Å². The summed E-state index contributed by atoms with van der Waals surface area (Å²) in [5.74, 6) is 1.53. The Morgan fingerprint density at radius 2 is 2.19 bits per heavy atom. The summed E-state index contributed by atoms with van der Waals surface area (Å²) < 4.78 is 2.21. The van der Waals surface area contributed by atoms with Crippen molar-refractivity contribution in [3.63, 3.8) is 0 Å². The summed E-state index contributed by atoms with van der Waals surface area (Å²) in [6.45, 7) is 6.10. The van der Waals surface area contributed by atoms with Gasteiger partial charge in [0.25, 0.3) is 0 Å². The molecule has 0 saturated carbocycles. The maximum Gasteiger partial charge on any atom is 0.122 e. The highest BCUT2D eigenvalue weighted by Crippen LogP contribution is 2.28. The number of halogens is 1. The number of hydrogen-bond acceptors (Lipinski definition) is 4. The van der Waals surface area contributed by atoms with Gasteiger partial charge in [0, 0.05) is 48.2 Å². The number of piperidine rings is 1. The number of aromatic nitrogens is 4. The van der Waals surface area contributed by atoms with Gasteiger partial charge in [-0.2, -0.15) is 0 Å². The molecule has 1 aliphatic heterocycles. The first-order chi connectivity index (χ1) is 13.2. The quantitative estimate of drug-likeness (QED) is 0.657. The molecule has 0 aliphatic carbocycles. The average molecular weight is 382 g/mol. The molecule has 1 aromatic carbocycles. The van der Waals surface area contributed by atoms with Gasteiger partial charge in [-0.15, -0.1) is 0 Å². The van der Waals surface area contributed by atoms with Gasteiger partial charge in [0.15, 0.2) is 0 Å². The molecule has 3 aromatic rings. The van der Waals surface area contributed by atoms with Crippen LogP contribution in [0.5, 0.6) is 0 Å². The molecule has 0 radical (unpaired) electrons. The van der Waals surface area contributed by atoms with Gasteiger partial charge in [-0.1, -0.05) is 23.7 Å². The lowest BCUT2D eigenvalue weighted by Crippen LogP contribution is -2.35. The smallest absolute Gasteiger partial charge is 0.122 e. The van der Waals surface area contributed by atoms with Crippen LogP contribution in [0.25, 0.3) is 11.3 Å². The molecule has 0 bridgehead atoms. The molecule has 6 heteroatoms. The van der Waals surface area contributed by atoms with Crippen molar-refractivity contribution in [2.75, 3.05) is 13.1 Å². The Hall–Kier alpha value is -2.24. The largest absolute Gasteiger partial charge is 0.334 e. The van der Waals surface area contributed by atoms with E-state index in [4.69, 9.17) is 16.6 Å². The molecule has 0 amide bonds. The predicted octanol–water partition coefficient (Wildman–Crippen LogP) is 4.39. The number of benzene rings is 1. The number of hydrogen-bond donors (Lipinski definition) is 0. The lowest BCUT2D eigenvalue weighted by Gasteiger charge is -2.32. The molecule has 4 rings (SSSR count). The summed E-state index contributed by atoms with van der Waals surface area (Å²) in [5.41, 5.74) is 2.96. The van der Waals surface area contributed by atoms with Crippen molar-refractivity contribution >= 4 is 11.6 Å². The van der Waals surface area contributed by atoms with E-state index >= 15 is 0 Å². The van der Waals surface area contributed by atoms with Crippen LogP contribution in [0.2, 0.25) is 5.02 Å². The summed E-state index contributed by atoms with van der Waals surface area (Å²) in [4.78, 5) is 16.4.